The van der Waals surface area contributed by atoms with Crippen molar-refractivity contribution < 1.29 is 22.7 Å². The van der Waals surface area contributed by atoms with E-state index < -0.39 is 17.7 Å². The lowest BCUT2D eigenvalue weighted by Crippen LogP contribution is -2.07. The van der Waals surface area contributed by atoms with Gasteiger partial charge in [0.15, 0.2) is 0 Å². The third-order valence-corrected chi connectivity index (χ3v) is 4.34. The molecule has 0 heterocycles. The Labute approximate surface area is 136 Å². The van der Waals surface area contributed by atoms with E-state index >= 15 is 0 Å². The fourth-order valence-corrected chi connectivity index (χ4v) is 2.96. The first-order chi connectivity index (χ1) is 10.8. The molecular formula is C17H15F3O2S. The third kappa shape index (κ3) is 4.28. The van der Waals surface area contributed by atoms with Gasteiger partial charge in [0.1, 0.15) is 0 Å². The highest BCUT2D eigenvalue weighted by Gasteiger charge is 2.33. The van der Waals surface area contributed by atoms with Crippen molar-refractivity contribution in [3.8, 4) is 0 Å². The number of aryl methyl sites for hydroxylation is 1. The van der Waals surface area contributed by atoms with Crippen molar-refractivity contribution in [3.05, 3.63) is 59.2 Å². The van der Waals surface area contributed by atoms with Crippen molar-refractivity contribution in [2.75, 3.05) is 7.11 Å². The number of methoxy groups -OCH3 is 1. The average Bonchev–Trinajstić information content (AvgIpc) is 2.54. The Morgan fingerprint density at radius 3 is 2.30 bits per heavy atom. The third-order valence-electron chi connectivity index (χ3n) is 3.26. The van der Waals surface area contributed by atoms with Crippen LogP contribution in [-0.4, -0.2) is 13.1 Å². The van der Waals surface area contributed by atoms with E-state index in [0.29, 0.717) is 22.4 Å². The van der Waals surface area contributed by atoms with E-state index in [1.165, 1.54) is 31.4 Å². The van der Waals surface area contributed by atoms with Crippen molar-refractivity contribution in [1.29, 1.82) is 0 Å². The number of carbonyl (C=O) groups excluding carboxylic acids is 1. The van der Waals surface area contributed by atoms with Crippen LogP contribution >= 0.6 is 11.8 Å². The molecule has 0 spiro atoms. The van der Waals surface area contributed by atoms with Gasteiger partial charge < -0.3 is 4.74 Å². The average molecular weight is 340 g/mol. The maximum absolute atomic E-state index is 13.2. The summed E-state index contributed by atoms with van der Waals surface area (Å²) in [6.07, 6.45) is -3.86. The van der Waals surface area contributed by atoms with Crippen LogP contribution in [0.3, 0.4) is 0 Å². The van der Waals surface area contributed by atoms with Crippen LogP contribution in [0.1, 0.15) is 28.4 Å². The maximum Gasteiger partial charge on any atom is 0.417 e. The number of benzene rings is 2. The number of alkyl halides is 3. The van der Waals surface area contributed by atoms with Crippen LogP contribution in [0, 0.1) is 0 Å². The van der Waals surface area contributed by atoms with Gasteiger partial charge in [0.05, 0.1) is 18.2 Å². The van der Waals surface area contributed by atoms with E-state index in [-0.39, 0.29) is 4.90 Å². The Morgan fingerprint density at radius 2 is 1.78 bits per heavy atom. The summed E-state index contributed by atoms with van der Waals surface area (Å²) in [4.78, 5) is 12.1. The van der Waals surface area contributed by atoms with Crippen LogP contribution in [0.5, 0.6) is 0 Å². The lowest BCUT2D eigenvalue weighted by Gasteiger charge is -2.14. The molecule has 6 heteroatoms. The second-order valence-electron chi connectivity index (χ2n) is 4.80. The van der Waals surface area contributed by atoms with Gasteiger partial charge in [0, 0.05) is 9.79 Å². The molecule has 0 radical (unpaired) electrons. The van der Waals surface area contributed by atoms with E-state index in [9.17, 15) is 18.0 Å². The van der Waals surface area contributed by atoms with Crippen LogP contribution in [-0.2, 0) is 17.3 Å². The summed E-state index contributed by atoms with van der Waals surface area (Å²) in [6, 6.07) is 10.6. The summed E-state index contributed by atoms with van der Waals surface area (Å²) >= 11 is 1.02. The topological polar surface area (TPSA) is 26.3 Å². The monoisotopic (exact) mass is 340 g/mol. The molecule has 0 amide bonds. The number of esters is 1. The fourth-order valence-electron chi connectivity index (χ4n) is 2.01. The van der Waals surface area contributed by atoms with Crippen LogP contribution in [0.4, 0.5) is 13.2 Å². The van der Waals surface area contributed by atoms with E-state index in [1.54, 1.807) is 18.2 Å². The molecule has 0 unspecified atom stereocenters. The Bertz CT molecular complexity index is 694. The minimum atomic E-state index is -4.40. The smallest absolute Gasteiger partial charge is 0.417 e. The fraction of sp³-hybridized carbons (Fsp3) is 0.235. The van der Waals surface area contributed by atoms with Crippen molar-refractivity contribution in [2.24, 2.45) is 0 Å². The summed E-state index contributed by atoms with van der Waals surface area (Å²) in [5.74, 6) is -0.482. The van der Waals surface area contributed by atoms with Crippen LogP contribution in [0.15, 0.2) is 52.3 Å². The number of halogens is 3. The van der Waals surface area contributed by atoms with Crippen molar-refractivity contribution >= 4 is 17.7 Å². The largest absolute Gasteiger partial charge is 0.465 e. The standard InChI is InChI=1S/C17H15F3O2S/c1-3-11-4-9-15(14(10-11)17(18,19)20)23-13-7-5-12(6-8-13)16(21)22-2/h4-10H,3H2,1-2H3. The Hall–Kier alpha value is -1.95. The first-order valence-corrected chi connectivity index (χ1v) is 7.73. The van der Waals surface area contributed by atoms with Crippen molar-refractivity contribution in [3.63, 3.8) is 0 Å². The van der Waals surface area contributed by atoms with E-state index in [1.807, 2.05) is 6.92 Å². The quantitative estimate of drug-likeness (QED) is 0.715. The predicted molar refractivity (Wildman–Crippen MR) is 82.7 cm³/mol. The maximum atomic E-state index is 13.2. The van der Waals surface area contributed by atoms with Gasteiger partial charge >= 0.3 is 12.1 Å². The lowest BCUT2D eigenvalue weighted by atomic mass is 10.1. The van der Waals surface area contributed by atoms with Gasteiger partial charge in [-0.05, 0) is 48.4 Å². The highest BCUT2D eigenvalue weighted by Crippen LogP contribution is 2.40. The van der Waals surface area contributed by atoms with Gasteiger partial charge in [-0.3, -0.25) is 0 Å². The molecule has 2 nitrogen and oxygen atoms in total. The minimum Gasteiger partial charge on any atom is -0.465 e. The molecular weight excluding hydrogens is 325 g/mol. The molecule has 0 saturated carbocycles. The summed E-state index contributed by atoms with van der Waals surface area (Å²) in [5.41, 5.74) is 0.357. The number of rotatable bonds is 4. The molecule has 0 aliphatic heterocycles. The summed E-state index contributed by atoms with van der Waals surface area (Å²) in [5, 5.41) is 0. The Kier molecular flexibility index (Phi) is 5.36. The second-order valence-corrected chi connectivity index (χ2v) is 5.92. The number of hydrogen-bond acceptors (Lipinski definition) is 3. The second kappa shape index (κ2) is 7.08. The zero-order chi connectivity index (χ0) is 17.0. The zero-order valence-electron chi connectivity index (χ0n) is 12.6. The number of hydrogen-bond donors (Lipinski definition) is 0. The molecule has 2 rings (SSSR count). The molecule has 23 heavy (non-hydrogen) atoms. The molecule has 2 aromatic rings. The lowest BCUT2D eigenvalue weighted by molar-refractivity contribution is -0.139. The molecule has 0 aliphatic carbocycles. The van der Waals surface area contributed by atoms with Crippen LogP contribution in [0.25, 0.3) is 0 Å². The van der Waals surface area contributed by atoms with Gasteiger partial charge in [-0.2, -0.15) is 13.2 Å². The highest BCUT2D eigenvalue weighted by atomic mass is 32.2. The molecule has 0 bridgehead atoms. The van der Waals surface area contributed by atoms with E-state index in [2.05, 4.69) is 4.74 Å². The van der Waals surface area contributed by atoms with Crippen LogP contribution < -0.4 is 0 Å². The number of ether oxygens (including phenoxy) is 1. The molecule has 2 aromatic carbocycles. The van der Waals surface area contributed by atoms with Crippen LogP contribution in [0.2, 0.25) is 0 Å². The Balaban J connectivity index is 2.31. The zero-order valence-corrected chi connectivity index (χ0v) is 13.4. The van der Waals surface area contributed by atoms with Gasteiger partial charge in [-0.15, -0.1) is 0 Å². The first kappa shape index (κ1) is 17.4. The first-order valence-electron chi connectivity index (χ1n) is 6.91. The Morgan fingerprint density at radius 1 is 1.13 bits per heavy atom. The molecule has 0 fully saturated rings. The molecule has 0 aliphatic rings. The normalized spacial score (nSPS) is 11.3. The van der Waals surface area contributed by atoms with Gasteiger partial charge in [0.2, 0.25) is 0 Å². The van der Waals surface area contributed by atoms with Gasteiger partial charge in [-0.1, -0.05) is 24.8 Å². The minimum absolute atomic E-state index is 0.139. The molecule has 0 aromatic heterocycles. The molecule has 122 valence electrons. The summed E-state index contributed by atoms with van der Waals surface area (Å²) in [7, 11) is 1.27. The molecule has 0 saturated heterocycles. The molecule has 0 N–H and O–H groups in total. The summed E-state index contributed by atoms with van der Waals surface area (Å²) in [6.45, 7) is 1.81. The van der Waals surface area contributed by atoms with Gasteiger partial charge in [0.25, 0.3) is 0 Å². The highest BCUT2D eigenvalue weighted by molar-refractivity contribution is 7.99. The molecule has 0 atom stereocenters. The number of carbonyl (C=O) groups is 1. The SMILES string of the molecule is CCc1ccc(Sc2ccc(C(=O)OC)cc2)c(C(F)(F)F)c1. The summed E-state index contributed by atoms with van der Waals surface area (Å²) < 4.78 is 44.2. The van der Waals surface area contributed by atoms with E-state index in [0.717, 1.165) is 11.8 Å². The van der Waals surface area contributed by atoms with E-state index in [4.69, 9.17) is 0 Å². The van der Waals surface area contributed by atoms with Gasteiger partial charge in [-0.25, -0.2) is 4.79 Å². The predicted octanol–water partition coefficient (Wildman–Crippen LogP) is 5.21. The van der Waals surface area contributed by atoms with Crippen molar-refractivity contribution in [2.45, 2.75) is 29.3 Å². The van der Waals surface area contributed by atoms with Crippen molar-refractivity contribution in [1.82, 2.24) is 0 Å².